The highest BCUT2D eigenvalue weighted by atomic mass is 16.5. The molecule has 2 heteroatoms. The maximum atomic E-state index is 9.83. The summed E-state index contributed by atoms with van der Waals surface area (Å²) >= 11 is 0. The van der Waals surface area contributed by atoms with Crippen LogP contribution < -0.4 is 0 Å². The summed E-state index contributed by atoms with van der Waals surface area (Å²) < 4.78 is 5.21. The van der Waals surface area contributed by atoms with E-state index < -0.39 is 6.10 Å². The second kappa shape index (κ2) is 6.59. The van der Waals surface area contributed by atoms with Gasteiger partial charge in [0.05, 0.1) is 6.10 Å². The van der Waals surface area contributed by atoms with Gasteiger partial charge < -0.3 is 9.84 Å². The smallest absolute Gasteiger partial charge is 0.0812 e. The van der Waals surface area contributed by atoms with Crippen LogP contribution in [0.2, 0.25) is 0 Å². The van der Waals surface area contributed by atoms with E-state index in [2.05, 4.69) is 19.1 Å². The van der Waals surface area contributed by atoms with Crippen molar-refractivity contribution in [3.05, 3.63) is 35.4 Å². The first-order chi connectivity index (χ1) is 7.27. The van der Waals surface area contributed by atoms with E-state index in [1.165, 1.54) is 5.56 Å². The zero-order valence-electron chi connectivity index (χ0n) is 9.57. The van der Waals surface area contributed by atoms with Crippen LogP contribution in [0.4, 0.5) is 0 Å². The molecule has 0 spiro atoms. The third-order valence-corrected chi connectivity index (χ3v) is 2.51. The highest BCUT2D eigenvalue weighted by Gasteiger charge is 2.06. The second-order valence-electron chi connectivity index (χ2n) is 3.60. The number of hydrogen-bond donors (Lipinski definition) is 1. The van der Waals surface area contributed by atoms with Gasteiger partial charge in [0.2, 0.25) is 0 Å². The molecule has 0 bridgehead atoms. The molecule has 2 nitrogen and oxygen atoms in total. The van der Waals surface area contributed by atoms with Gasteiger partial charge in [0, 0.05) is 19.6 Å². The van der Waals surface area contributed by atoms with Gasteiger partial charge in [-0.05, 0) is 24.5 Å². The Balaban J connectivity index is 2.46. The summed E-state index contributed by atoms with van der Waals surface area (Å²) in [6.45, 7) is 5.41. The molecule has 15 heavy (non-hydrogen) atoms. The van der Waals surface area contributed by atoms with Crippen molar-refractivity contribution in [2.45, 2.75) is 32.8 Å². The van der Waals surface area contributed by atoms with E-state index >= 15 is 0 Å². The molecule has 0 amide bonds. The third-order valence-electron chi connectivity index (χ3n) is 2.51. The predicted molar refractivity (Wildman–Crippen MR) is 61.9 cm³/mol. The lowest BCUT2D eigenvalue weighted by atomic mass is 10.0. The molecule has 0 aliphatic carbocycles. The summed E-state index contributed by atoms with van der Waals surface area (Å²) in [5.74, 6) is 0. The Morgan fingerprint density at radius 2 is 1.87 bits per heavy atom. The summed E-state index contributed by atoms with van der Waals surface area (Å²) in [6, 6.07) is 8.13. The number of aryl methyl sites for hydroxylation is 1. The van der Waals surface area contributed by atoms with Crippen LogP contribution in [0.1, 0.15) is 37.5 Å². The monoisotopic (exact) mass is 208 g/mol. The summed E-state index contributed by atoms with van der Waals surface area (Å²) in [5, 5.41) is 9.83. The molecular formula is C13H20O2. The maximum absolute atomic E-state index is 9.83. The highest BCUT2D eigenvalue weighted by molar-refractivity contribution is 5.23. The molecule has 0 saturated carbocycles. The summed E-state index contributed by atoms with van der Waals surface area (Å²) in [7, 11) is 0. The van der Waals surface area contributed by atoms with Crippen LogP contribution in [-0.4, -0.2) is 18.3 Å². The van der Waals surface area contributed by atoms with Crippen molar-refractivity contribution in [2.75, 3.05) is 13.2 Å². The average Bonchev–Trinajstić information content (AvgIpc) is 2.29. The number of benzene rings is 1. The molecule has 0 aliphatic rings. The highest BCUT2D eigenvalue weighted by Crippen LogP contribution is 2.17. The van der Waals surface area contributed by atoms with E-state index in [-0.39, 0.29) is 0 Å². The maximum Gasteiger partial charge on any atom is 0.0812 e. The van der Waals surface area contributed by atoms with E-state index in [4.69, 9.17) is 4.74 Å². The van der Waals surface area contributed by atoms with Gasteiger partial charge in [0.25, 0.3) is 0 Å². The van der Waals surface area contributed by atoms with Gasteiger partial charge in [-0.1, -0.05) is 31.2 Å². The van der Waals surface area contributed by atoms with Gasteiger partial charge in [-0.2, -0.15) is 0 Å². The Bertz CT molecular complexity index is 266. The molecule has 1 aromatic carbocycles. The molecule has 1 atom stereocenters. The Kier molecular flexibility index (Phi) is 5.37. The lowest BCUT2D eigenvalue weighted by Crippen LogP contribution is -2.03. The minimum atomic E-state index is -0.401. The van der Waals surface area contributed by atoms with Crippen LogP contribution in [0.15, 0.2) is 24.3 Å². The second-order valence-corrected chi connectivity index (χ2v) is 3.60. The molecule has 0 saturated heterocycles. The third kappa shape index (κ3) is 4.02. The van der Waals surface area contributed by atoms with Crippen molar-refractivity contribution in [3.8, 4) is 0 Å². The van der Waals surface area contributed by atoms with Crippen molar-refractivity contribution in [1.82, 2.24) is 0 Å². The molecule has 0 radical (unpaired) electrons. The summed E-state index contributed by atoms with van der Waals surface area (Å²) in [5.41, 5.74) is 2.28. The lowest BCUT2D eigenvalue weighted by Gasteiger charge is -2.11. The normalized spacial score (nSPS) is 12.7. The van der Waals surface area contributed by atoms with E-state index in [9.17, 15) is 5.11 Å². The molecule has 1 rings (SSSR count). The fraction of sp³-hybridized carbons (Fsp3) is 0.538. The van der Waals surface area contributed by atoms with E-state index in [0.717, 1.165) is 12.0 Å². The minimum absolute atomic E-state index is 0.401. The Morgan fingerprint density at radius 1 is 1.20 bits per heavy atom. The average molecular weight is 208 g/mol. The van der Waals surface area contributed by atoms with Crippen LogP contribution in [0.25, 0.3) is 0 Å². The van der Waals surface area contributed by atoms with Crippen molar-refractivity contribution < 1.29 is 9.84 Å². The van der Waals surface area contributed by atoms with Crippen molar-refractivity contribution >= 4 is 0 Å². The largest absolute Gasteiger partial charge is 0.388 e. The minimum Gasteiger partial charge on any atom is -0.388 e. The van der Waals surface area contributed by atoms with Crippen molar-refractivity contribution in [3.63, 3.8) is 0 Å². The zero-order valence-corrected chi connectivity index (χ0v) is 9.57. The predicted octanol–water partition coefficient (Wildman–Crippen LogP) is 2.71. The summed E-state index contributed by atoms with van der Waals surface area (Å²) in [6.07, 6.45) is 1.30. The van der Waals surface area contributed by atoms with Crippen LogP contribution >= 0.6 is 0 Å². The van der Waals surface area contributed by atoms with Crippen LogP contribution in [-0.2, 0) is 11.2 Å². The fourth-order valence-electron chi connectivity index (χ4n) is 1.48. The van der Waals surface area contributed by atoms with Gasteiger partial charge >= 0.3 is 0 Å². The Hall–Kier alpha value is -0.860. The molecule has 1 aromatic rings. The standard InChI is InChI=1S/C13H20O2/c1-3-11-5-7-12(8-6-11)13(14)9-10-15-4-2/h5-8,13-14H,3-4,9-10H2,1-2H3. The lowest BCUT2D eigenvalue weighted by molar-refractivity contribution is 0.0886. The first-order valence-electron chi connectivity index (χ1n) is 5.62. The van der Waals surface area contributed by atoms with Crippen molar-refractivity contribution in [1.29, 1.82) is 0 Å². The first kappa shape index (κ1) is 12.2. The molecular weight excluding hydrogens is 188 g/mol. The topological polar surface area (TPSA) is 29.5 Å². The van der Waals surface area contributed by atoms with Crippen LogP contribution in [0.5, 0.6) is 0 Å². The Labute approximate surface area is 91.9 Å². The van der Waals surface area contributed by atoms with Crippen LogP contribution in [0.3, 0.4) is 0 Å². The summed E-state index contributed by atoms with van der Waals surface area (Å²) in [4.78, 5) is 0. The molecule has 1 N–H and O–H groups in total. The number of aliphatic hydroxyl groups excluding tert-OH is 1. The van der Waals surface area contributed by atoms with Gasteiger partial charge in [-0.3, -0.25) is 0 Å². The SMILES string of the molecule is CCOCCC(O)c1ccc(CC)cc1. The molecule has 1 unspecified atom stereocenters. The zero-order chi connectivity index (χ0) is 11.1. The van der Waals surface area contributed by atoms with Gasteiger partial charge in [0.15, 0.2) is 0 Å². The first-order valence-corrected chi connectivity index (χ1v) is 5.62. The fourth-order valence-corrected chi connectivity index (χ4v) is 1.48. The number of aliphatic hydroxyl groups is 1. The molecule has 0 fully saturated rings. The van der Waals surface area contributed by atoms with E-state index in [1.54, 1.807) is 0 Å². The molecule has 84 valence electrons. The van der Waals surface area contributed by atoms with E-state index in [1.807, 2.05) is 19.1 Å². The Morgan fingerprint density at radius 3 is 2.40 bits per heavy atom. The number of rotatable bonds is 6. The number of ether oxygens (including phenoxy) is 1. The van der Waals surface area contributed by atoms with Crippen LogP contribution in [0, 0.1) is 0 Å². The molecule has 0 heterocycles. The van der Waals surface area contributed by atoms with E-state index in [0.29, 0.717) is 19.6 Å². The van der Waals surface area contributed by atoms with Crippen molar-refractivity contribution in [2.24, 2.45) is 0 Å². The van der Waals surface area contributed by atoms with Gasteiger partial charge in [-0.25, -0.2) is 0 Å². The quantitative estimate of drug-likeness (QED) is 0.728. The molecule has 0 aromatic heterocycles. The molecule has 0 aliphatic heterocycles. The van der Waals surface area contributed by atoms with Gasteiger partial charge in [0.1, 0.15) is 0 Å². The number of hydrogen-bond acceptors (Lipinski definition) is 2. The van der Waals surface area contributed by atoms with Gasteiger partial charge in [-0.15, -0.1) is 0 Å².